The third kappa shape index (κ3) is 3.21. The summed E-state index contributed by atoms with van der Waals surface area (Å²) in [5.41, 5.74) is -0.478. The van der Waals surface area contributed by atoms with Crippen molar-refractivity contribution in [2.75, 3.05) is 7.11 Å². The molecule has 1 fully saturated rings. The minimum Gasteiger partial charge on any atom is -0.370 e. The Hall–Kier alpha value is -0.670. The highest BCUT2D eigenvalue weighted by molar-refractivity contribution is 7.09. The van der Waals surface area contributed by atoms with Gasteiger partial charge < -0.3 is 4.74 Å². The van der Waals surface area contributed by atoms with Crippen molar-refractivity contribution < 1.29 is 9.53 Å². The summed E-state index contributed by atoms with van der Waals surface area (Å²) in [5, 5.41) is 2.07. The van der Waals surface area contributed by atoms with Crippen LogP contribution in [0.3, 0.4) is 0 Å². The topological polar surface area (TPSA) is 26.3 Å². The van der Waals surface area contributed by atoms with Crippen molar-refractivity contribution >= 4 is 17.1 Å². The first-order valence-corrected chi connectivity index (χ1v) is 7.76. The third-order valence-electron chi connectivity index (χ3n) is 3.99. The van der Waals surface area contributed by atoms with Gasteiger partial charge in [0, 0.05) is 18.4 Å². The number of ether oxygens (including phenoxy) is 1. The number of thiophene rings is 1. The number of rotatable bonds is 5. The van der Waals surface area contributed by atoms with Crippen molar-refractivity contribution in [3.63, 3.8) is 0 Å². The van der Waals surface area contributed by atoms with Gasteiger partial charge in [-0.3, -0.25) is 4.79 Å². The fourth-order valence-electron chi connectivity index (χ4n) is 2.82. The minimum atomic E-state index is -0.478. The van der Waals surface area contributed by atoms with Crippen LogP contribution in [0.5, 0.6) is 0 Å². The average Bonchev–Trinajstić information content (AvgIpc) is 2.79. The zero-order valence-corrected chi connectivity index (χ0v) is 11.9. The Morgan fingerprint density at radius 2 is 2.06 bits per heavy atom. The van der Waals surface area contributed by atoms with E-state index in [4.69, 9.17) is 4.74 Å². The van der Waals surface area contributed by atoms with E-state index in [0.717, 1.165) is 32.1 Å². The van der Waals surface area contributed by atoms with E-state index in [0.29, 0.717) is 12.2 Å². The number of methoxy groups -OCH3 is 1. The van der Waals surface area contributed by atoms with Crippen molar-refractivity contribution in [3.05, 3.63) is 22.4 Å². The van der Waals surface area contributed by atoms with Crippen LogP contribution in [0, 0.1) is 0 Å². The number of hydrogen-bond donors (Lipinski definition) is 0. The zero-order valence-electron chi connectivity index (χ0n) is 11.1. The minimum absolute atomic E-state index is 0.306. The summed E-state index contributed by atoms with van der Waals surface area (Å²) in [6.45, 7) is 0. The smallest absolute Gasteiger partial charge is 0.164 e. The molecular weight excluding hydrogens is 244 g/mol. The lowest BCUT2D eigenvalue weighted by molar-refractivity contribution is -0.142. The van der Waals surface area contributed by atoms with E-state index in [1.807, 2.05) is 6.07 Å². The molecule has 0 radical (unpaired) electrons. The first-order valence-electron chi connectivity index (χ1n) is 6.88. The van der Waals surface area contributed by atoms with Crippen LogP contribution in [-0.4, -0.2) is 18.5 Å². The molecule has 0 spiro atoms. The van der Waals surface area contributed by atoms with Gasteiger partial charge in [0.15, 0.2) is 5.78 Å². The number of hydrogen-bond acceptors (Lipinski definition) is 3. The molecule has 100 valence electrons. The highest BCUT2D eigenvalue weighted by atomic mass is 32.1. The SMILES string of the molecule is COC1(C(=O)CCc2cccs2)CCCCCC1. The van der Waals surface area contributed by atoms with Gasteiger partial charge in [-0.2, -0.15) is 0 Å². The molecule has 1 saturated carbocycles. The third-order valence-corrected chi connectivity index (χ3v) is 4.92. The van der Waals surface area contributed by atoms with Gasteiger partial charge in [-0.15, -0.1) is 11.3 Å². The monoisotopic (exact) mass is 266 g/mol. The maximum atomic E-state index is 12.5. The number of ketones is 1. The van der Waals surface area contributed by atoms with Crippen LogP contribution in [0.1, 0.15) is 49.8 Å². The normalized spacial score (nSPS) is 19.4. The molecule has 0 N–H and O–H groups in total. The van der Waals surface area contributed by atoms with E-state index in [2.05, 4.69) is 11.4 Å². The molecule has 2 nitrogen and oxygen atoms in total. The molecule has 0 unspecified atom stereocenters. The standard InChI is InChI=1S/C15H22O2S/c1-17-15(10-4-2-3-5-11-15)14(16)9-8-13-7-6-12-18-13/h6-7,12H,2-5,8-11H2,1H3. The quantitative estimate of drug-likeness (QED) is 0.753. The molecule has 1 aromatic heterocycles. The van der Waals surface area contributed by atoms with Gasteiger partial charge in [-0.1, -0.05) is 31.7 Å². The van der Waals surface area contributed by atoms with E-state index in [9.17, 15) is 4.79 Å². The molecule has 0 atom stereocenters. The Kier molecular flexibility index (Phi) is 4.95. The molecule has 2 rings (SSSR count). The summed E-state index contributed by atoms with van der Waals surface area (Å²) in [6, 6.07) is 4.15. The lowest BCUT2D eigenvalue weighted by Crippen LogP contribution is -2.40. The fourth-order valence-corrected chi connectivity index (χ4v) is 3.52. The Labute approximate surface area is 113 Å². The molecular formula is C15H22O2S. The van der Waals surface area contributed by atoms with Crippen LogP contribution in [0.15, 0.2) is 17.5 Å². The molecule has 0 aliphatic heterocycles. The van der Waals surface area contributed by atoms with Crippen molar-refractivity contribution in [2.24, 2.45) is 0 Å². The number of Topliss-reactive ketones (excluding diaryl/α,β-unsaturated/α-hetero) is 1. The highest BCUT2D eigenvalue weighted by Crippen LogP contribution is 2.32. The van der Waals surface area contributed by atoms with Crippen LogP contribution in [-0.2, 0) is 16.0 Å². The molecule has 0 aromatic carbocycles. The molecule has 0 amide bonds. The van der Waals surface area contributed by atoms with E-state index in [1.54, 1.807) is 18.4 Å². The van der Waals surface area contributed by atoms with Gasteiger partial charge in [-0.25, -0.2) is 0 Å². The Balaban J connectivity index is 1.95. The Bertz CT molecular complexity index is 362. The summed E-state index contributed by atoms with van der Waals surface area (Å²) in [7, 11) is 1.70. The summed E-state index contributed by atoms with van der Waals surface area (Å²) in [5.74, 6) is 0.306. The van der Waals surface area contributed by atoms with Gasteiger partial charge in [-0.05, 0) is 30.7 Å². The predicted octanol–water partition coefficient (Wildman–Crippen LogP) is 3.99. The number of carbonyl (C=O) groups excluding carboxylic acids is 1. The van der Waals surface area contributed by atoms with E-state index in [1.165, 1.54) is 17.7 Å². The second kappa shape index (κ2) is 6.48. The largest absolute Gasteiger partial charge is 0.370 e. The van der Waals surface area contributed by atoms with Gasteiger partial charge in [0.1, 0.15) is 5.60 Å². The van der Waals surface area contributed by atoms with Crippen LogP contribution in [0.25, 0.3) is 0 Å². The first-order chi connectivity index (χ1) is 8.77. The second-order valence-corrected chi connectivity index (χ2v) is 6.15. The molecule has 1 aliphatic rings. The lowest BCUT2D eigenvalue weighted by Gasteiger charge is -2.29. The van der Waals surface area contributed by atoms with Crippen LogP contribution >= 0.6 is 11.3 Å². The average molecular weight is 266 g/mol. The van der Waals surface area contributed by atoms with E-state index in [-0.39, 0.29) is 0 Å². The fraction of sp³-hybridized carbons (Fsp3) is 0.667. The molecule has 0 saturated heterocycles. The van der Waals surface area contributed by atoms with Crippen LogP contribution < -0.4 is 0 Å². The highest BCUT2D eigenvalue weighted by Gasteiger charge is 2.37. The van der Waals surface area contributed by atoms with Gasteiger partial charge in [0.05, 0.1) is 0 Å². The number of carbonyl (C=O) groups is 1. The number of aryl methyl sites for hydroxylation is 1. The van der Waals surface area contributed by atoms with Crippen LogP contribution in [0.2, 0.25) is 0 Å². The van der Waals surface area contributed by atoms with Crippen molar-refractivity contribution in [1.29, 1.82) is 0 Å². The van der Waals surface area contributed by atoms with Gasteiger partial charge in [0.25, 0.3) is 0 Å². The first kappa shape index (κ1) is 13.8. The van der Waals surface area contributed by atoms with E-state index < -0.39 is 5.60 Å². The summed E-state index contributed by atoms with van der Waals surface area (Å²) in [6.07, 6.45) is 8.03. The maximum absolute atomic E-state index is 12.5. The lowest BCUT2D eigenvalue weighted by atomic mass is 9.87. The second-order valence-electron chi connectivity index (χ2n) is 5.12. The molecule has 1 aliphatic carbocycles. The van der Waals surface area contributed by atoms with Crippen LogP contribution in [0.4, 0.5) is 0 Å². The Morgan fingerprint density at radius 1 is 1.33 bits per heavy atom. The van der Waals surface area contributed by atoms with E-state index >= 15 is 0 Å². The maximum Gasteiger partial charge on any atom is 0.164 e. The van der Waals surface area contributed by atoms with Crippen molar-refractivity contribution in [1.82, 2.24) is 0 Å². The molecule has 0 bridgehead atoms. The molecule has 3 heteroatoms. The van der Waals surface area contributed by atoms with Crippen molar-refractivity contribution in [3.8, 4) is 0 Å². The van der Waals surface area contributed by atoms with Crippen molar-refractivity contribution in [2.45, 2.75) is 57.0 Å². The Morgan fingerprint density at radius 3 is 2.61 bits per heavy atom. The summed E-state index contributed by atoms with van der Waals surface area (Å²) >= 11 is 1.73. The summed E-state index contributed by atoms with van der Waals surface area (Å²) < 4.78 is 5.64. The van der Waals surface area contributed by atoms with Gasteiger partial charge >= 0.3 is 0 Å². The molecule has 1 aromatic rings. The molecule has 18 heavy (non-hydrogen) atoms. The zero-order chi connectivity index (χ0) is 12.8. The molecule has 1 heterocycles. The van der Waals surface area contributed by atoms with Gasteiger partial charge in [0.2, 0.25) is 0 Å². The summed E-state index contributed by atoms with van der Waals surface area (Å²) in [4.78, 5) is 13.8. The predicted molar refractivity (Wildman–Crippen MR) is 75.1 cm³/mol.